The molecule has 0 bridgehead atoms. The van der Waals surface area contributed by atoms with Crippen molar-refractivity contribution in [2.75, 3.05) is 6.54 Å². The van der Waals surface area contributed by atoms with Gasteiger partial charge in [-0.25, -0.2) is 0 Å². The highest BCUT2D eigenvalue weighted by Gasteiger charge is 2.25. The molecule has 0 saturated carbocycles. The minimum Gasteiger partial charge on any atom is -0.295 e. The van der Waals surface area contributed by atoms with E-state index in [9.17, 15) is 9.59 Å². The van der Waals surface area contributed by atoms with E-state index in [1.165, 1.54) is 0 Å². The molecule has 0 spiro atoms. The van der Waals surface area contributed by atoms with Crippen molar-refractivity contribution in [1.29, 1.82) is 0 Å². The van der Waals surface area contributed by atoms with E-state index in [4.69, 9.17) is 6.42 Å². The summed E-state index contributed by atoms with van der Waals surface area (Å²) in [5, 5.41) is 5.07. The maximum Gasteiger partial charge on any atom is 0.243 e. The summed E-state index contributed by atoms with van der Waals surface area (Å²) < 4.78 is 0. The average molecular weight is 166 g/mol. The van der Waals surface area contributed by atoms with Crippen molar-refractivity contribution in [3.8, 4) is 12.3 Å². The third-order valence-corrected chi connectivity index (χ3v) is 1.69. The number of carbonyl (C=O) groups is 2. The first kappa shape index (κ1) is 8.75. The lowest BCUT2D eigenvalue weighted by molar-refractivity contribution is -0.134. The lowest BCUT2D eigenvalue weighted by Crippen LogP contribution is -2.50. The Labute approximate surface area is 70.7 Å². The largest absolute Gasteiger partial charge is 0.295 e. The Hall–Kier alpha value is -1.34. The van der Waals surface area contributed by atoms with Gasteiger partial charge in [0, 0.05) is 6.42 Å². The van der Waals surface area contributed by atoms with Crippen LogP contribution >= 0.6 is 0 Å². The number of piperidine rings is 1. The van der Waals surface area contributed by atoms with Crippen LogP contribution in [0.15, 0.2) is 0 Å². The number of nitrogens with one attached hydrogen (secondary N) is 2. The summed E-state index contributed by atoms with van der Waals surface area (Å²) in [6, 6.07) is -0.307. The van der Waals surface area contributed by atoms with E-state index in [1.807, 2.05) is 0 Å². The molecule has 1 rings (SSSR count). The van der Waals surface area contributed by atoms with Crippen LogP contribution in [0.4, 0.5) is 0 Å². The maximum atomic E-state index is 11.0. The molecule has 2 N–H and O–H groups in total. The van der Waals surface area contributed by atoms with Crippen LogP contribution in [0.1, 0.15) is 12.8 Å². The van der Waals surface area contributed by atoms with Crippen molar-refractivity contribution in [3.63, 3.8) is 0 Å². The van der Waals surface area contributed by atoms with Gasteiger partial charge in [-0.15, -0.1) is 6.42 Å². The molecule has 12 heavy (non-hydrogen) atoms. The first-order valence-electron chi connectivity index (χ1n) is 3.74. The van der Waals surface area contributed by atoms with Crippen molar-refractivity contribution in [2.45, 2.75) is 18.9 Å². The highest BCUT2D eigenvalue weighted by atomic mass is 16.2. The second-order valence-corrected chi connectivity index (χ2v) is 2.59. The van der Waals surface area contributed by atoms with E-state index >= 15 is 0 Å². The fourth-order valence-electron chi connectivity index (χ4n) is 1.07. The number of carbonyl (C=O) groups excluding carboxylic acids is 2. The fraction of sp³-hybridized carbons (Fsp3) is 0.500. The smallest absolute Gasteiger partial charge is 0.243 e. The van der Waals surface area contributed by atoms with E-state index in [1.54, 1.807) is 0 Å². The molecule has 1 heterocycles. The number of terminal acetylenes is 1. The lowest BCUT2D eigenvalue weighted by atomic mass is 10.1. The quantitative estimate of drug-likeness (QED) is 0.409. The van der Waals surface area contributed by atoms with Crippen LogP contribution in [-0.4, -0.2) is 24.4 Å². The third kappa shape index (κ3) is 2.07. The average Bonchev–Trinajstić information content (AvgIpc) is 2.03. The molecular formula is C8H10N2O2. The van der Waals surface area contributed by atoms with Gasteiger partial charge in [-0.05, 0) is 6.42 Å². The Morgan fingerprint density at radius 3 is 3.00 bits per heavy atom. The number of hydrogen-bond acceptors (Lipinski definition) is 3. The minimum absolute atomic E-state index is 0.209. The molecule has 2 amide bonds. The van der Waals surface area contributed by atoms with Gasteiger partial charge in [0.15, 0.2) is 0 Å². The summed E-state index contributed by atoms with van der Waals surface area (Å²) >= 11 is 0. The molecule has 0 aromatic carbocycles. The van der Waals surface area contributed by atoms with E-state index < -0.39 is 0 Å². The van der Waals surface area contributed by atoms with E-state index in [0.29, 0.717) is 19.4 Å². The van der Waals surface area contributed by atoms with Crippen LogP contribution < -0.4 is 10.6 Å². The van der Waals surface area contributed by atoms with Crippen LogP contribution in [0.2, 0.25) is 0 Å². The van der Waals surface area contributed by atoms with Gasteiger partial charge in [-0.3, -0.25) is 20.2 Å². The van der Waals surface area contributed by atoms with Gasteiger partial charge in [-0.1, -0.05) is 5.92 Å². The highest BCUT2D eigenvalue weighted by molar-refractivity contribution is 6.00. The van der Waals surface area contributed by atoms with E-state index in [2.05, 4.69) is 16.6 Å². The Balaban J connectivity index is 2.41. The van der Waals surface area contributed by atoms with Crippen molar-refractivity contribution in [2.24, 2.45) is 0 Å². The fourth-order valence-corrected chi connectivity index (χ4v) is 1.07. The van der Waals surface area contributed by atoms with Gasteiger partial charge in [0.05, 0.1) is 12.6 Å². The number of imide groups is 1. The van der Waals surface area contributed by atoms with Crippen LogP contribution in [0.5, 0.6) is 0 Å². The number of rotatable bonds is 2. The van der Waals surface area contributed by atoms with Crippen molar-refractivity contribution in [3.05, 3.63) is 0 Å². The first-order valence-corrected chi connectivity index (χ1v) is 3.74. The summed E-state index contributed by atoms with van der Waals surface area (Å²) in [7, 11) is 0. The molecule has 64 valence electrons. The van der Waals surface area contributed by atoms with Gasteiger partial charge in [0.1, 0.15) is 0 Å². The zero-order chi connectivity index (χ0) is 8.97. The van der Waals surface area contributed by atoms with Crippen molar-refractivity contribution < 1.29 is 9.59 Å². The summed E-state index contributed by atoms with van der Waals surface area (Å²) in [6.07, 6.45) is 5.92. The molecule has 1 aliphatic heterocycles. The molecule has 1 aliphatic rings. The SMILES string of the molecule is C#CCNC1CCC(=O)NC1=O. The highest BCUT2D eigenvalue weighted by Crippen LogP contribution is 2.03. The Morgan fingerprint density at radius 2 is 2.42 bits per heavy atom. The van der Waals surface area contributed by atoms with Crippen LogP contribution in [0.3, 0.4) is 0 Å². The Kier molecular flexibility index (Phi) is 2.83. The Morgan fingerprint density at radius 1 is 1.67 bits per heavy atom. The summed E-state index contributed by atoms with van der Waals surface area (Å²) in [5.41, 5.74) is 0. The second kappa shape index (κ2) is 3.88. The van der Waals surface area contributed by atoms with Crippen molar-refractivity contribution in [1.82, 2.24) is 10.6 Å². The van der Waals surface area contributed by atoms with Gasteiger partial charge < -0.3 is 0 Å². The Bertz CT molecular complexity index is 242. The number of hydrogen-bond donors (Lipinski definition) is 2. The first-order chi connectivity index (χ1) is 5.74. The van der Waals surface area contributed by atoms with Gasteiger partial charge >= 0.3 is 0 Å². The van der Waals surface area contributed by atoms with Crippen molar-refractivity contribution >= 4 is 11.8 Å². The standard InChI is InChI=1S/C8H10N2O2/c1-2-5-9-6-3-4-7(11)10-8(6)12/h1,6,9H,3-5H2,(H,10,11,12). The molecule has 4 nitrogen and oxygen atoms in total. The van der Waals surface area contributed by atoms with E-state index in [0.717, 1.165) is 0 Å². The summed E-state index contributed by atoms with van der Waals surface area (Å²) in [6.45, 7) is 0.353. The van der Waals surface area contributed by atoms with Crippen LogP contribution in [0.25, 0.3) is 0 Å². The molecule has 1 unspecified atom stereocenters. The third-order valence-electron chi connectivity index (χ3n) is 1.69. The molecular weight excluding hydrogens is 156 g/mol. The lowest BCUT2D eigenvalue weighted by Gasteiger charge is -2.20. The second-order valence-electron chi connectivity index (χ2n) is 2.59. The van der Waals surface area contributed by atoms with Gasteiger partial charge in [0.25, 0.3) is 0 Å². The van der Waals surface area contributed by atoms with Crippen LogP contribution in [0, 0.1) is 12.3 Å². The molecule has 1 fully saturated rings. The minimum atomic E-state index is -0.307. The molecule has 0 aromatic rings. The predicted molar refractivity (Wildman–Crippen MR) is 43.0 cm³/mol. The van der Waals surface area contributed by atoms with Gasteiger partial charge in [0.2, 0.25) is 11.8 Å². The number of amides is 2. The summed E-state index contributed by atoms with van der Waals surface area (Å²) in [5.74, 6) is 1.88. The molecule has 0 radical (unpaired) electrons. The molecule has 0 aliphatic carbocycles. The maximum absolute atomic E-state index is 11.0. The van der Waals surface area contributed by atoms with E-state index in [-0.39, 0.29) is 17.9 Å². The zero-order valence-electron chi connectivity index (χ0n) is 6.59. The van der Waals surface area contributed by atoms with Crippen LogP contribution in [-0.2, 0) is 9.59 Å². The summed E-state index contributed by atoms with van der Waals surface area (Å²) in [4.78, 5) is 21.7. The predicted octanol–water partition coefficient (Wildman–Crippen LogP) is -0.986. The topological polar surface area (TPSA) is 58.2 Å². The zero-order valence-corrected chi connectivity index (χ0v) is 6.59. The van der Waals surface area contributed by atoms with Gasteiger partial charge in [-0.2, -0.15) is 0 Å². The normalized spacial score (nSPS) is 23.1. The molecule has 1 atom stereocenters. The monoisotopic (exact) mass is 166 g/mol. The molecule has 4 heteroatoms. The molecule has 0 aromatic heterocycles. The molecule has 1 saturated heterocycles.